The van der Waals surface area contributed by atoms with Gasteiger partial charge < -0.3 is 14.8 Å². The van der Waals surface area contributed by atoms with E-state index in [1.165, 1.54) is 16.0 Å². The highest BCUT2D eigenvalue weighted by Gasteiger charge is 2.16. The molecular weight excluding hydrogens is 338 g/mol. The van der Waals surface area contributed by atoms with Gasteiger partial charge in [-0.2, -0.15) is 0 Å². The lowest BCUT2D eigenvalue weighted by Gasteiger charge is -2.08. The first kappa shape index (κ1) is 13.9. The molecule has 3 rings (SSSR count). The van der Waals surface area contributed by atoms with Gasteiger partial charge in [0.15, 0.2) is 11.5 Å². The lowest BCUT2D eigenvalue weighted by atomic mass is 10.2. The second kappa shape index (κ2) is 6.16. The first-order valence-electron chi connectivity index (χ1n) is 6.62. The molecule has 0 radical (unpaired) electrons. The van der Waals surface area contributed by atoms with Gasteiger partial charge in [0.2, 0.25) is 6.79 Å². The van der Waals surface area contributed by atoms with Crippen LogP contribution < -0.4 is 14.8 Å². The molecule has 2 aromatic rings. The molecule has 1 aliphatic heterocycles. The minimum absolute atomic E-state index is 0.313. The van der Waals surface area contributed by atoms with Crippen molar-refractivity contribution in [1.29, 1.82) is 0 Å². The zero-order valence-corrected chi connectivity index (χ0v) is 13.6. The lowest BCUT2D eigenvalue weighted by Crippen LogP contribution is -2.13. The summed E-state index contributed by atoms with van der Waals surface area (Å²) in [5, 5.41) is 5.65. The normalized spacial score (nSPS) is 12.9. The Morgan fingerprint density at radius 1 is 1.20 bits per heavy atom. The number of fused-ring (bicyclic) bond motifs is 1. The maximum atomic E-state index is 5.41. The van der Waals surface area contributed by atoms with Crippen LogP contribution in [0.25, 0.3) is 0 Å². The number of rotatable bonds is 5. The van der Waals surface area contributed by atoms with Crippen LogP contribution in [0.4, 0.5) is 0 Å². The largest absolute Gasteiger partial charge is 0.454 e. The van der Waals surface area contributed by atoms with Crippen LogP contribution in [0.15, 0.2) is 28.1 Å². The Hall–Kier alpha value is -1.04. The fraction of sp³-hybridized carbons (Fsp3) is 0.333. The summed E-state index contributed by atoms with van der Waals surface area (Å²) in [5.41, 5.74) is 2.62. The fourth-order valence-corrected chi connectivity index (χ4v) is 3.65. The maximum absolute atomic E-state index is 5.41. The van der Waals surface area contributed by atoms with Crippen LogP contribution in [-0.4, -0.2) is 6.79 Å². The van der Waals surface area contributed by atoms with E-state index < -0.39 is 0 Å². The number of nitrogens with one attached hydrogen (secondary N) is 1. The van der Waals surface area contributed by atoms with Crippen LogP contribution >= 0.6 is 27.3 Å². The third-order valence-corrected chi connectivity index (χ3v) is 5.06. The van der Waals surface area contributed by atoms with Crippen molar-refractivity contribution in [2.24, 2.45) is 0 Å². The topological polar surface area (TPSA) is 30.5 Å². The number of hydrogen-bond acceptors (Lipinski definition) is 4. The predicted molar refractivity (Wildman–Crippen MR) is 84.5 cm³/mol. The van der Waals surface area contributed by atoms with Crippen molar-refractivity contribution in [2.45, 2.75) is 26.4 Å². The molecular formula is C15H16BrNO2S. The van der Waals surface area contributed by atoms with E-state index in [2.05, 4.69) is 39.6 Å². The first-order valence-corrected chi connectivity index (χ1v) is 8.29. The first-order chi connectivity index (χ1) is 9.78. The molecule has 0 spiro atoms. The molecule has 2 heterocycles. The Balaban J connectivity index is 1.64. The molecule has 1 aromatic carbocycles. The number of benzene rings is 1. The van der Waals surface area contributed by atoms with Crippen LogP contribution in [0.5, 0.6) is 11.5 Å². The van der Waals surface area contributed by atoms with Crippen molar-refractivity contribution >= 4 is 27.3 Å². The van der Waals surface area contributed by atoms with Gasteiger partial charge in [-0.15, -0.1) is 11.3 Å². The molecule has 0 amide bonds. The van der Waals surface area contributed by atoms with Gasteiger partial charge >= 0.3 is 0 Å². The highest BCUT2D eigenvalue weighted by Crippen LogP contribution is 2.36. The summed E-state index contributed by atoms with van der Waals surface area (Å²) < 4.78 is 11.8. The molecule has 1 aliphatic rings. The number of ether oxygens (including phenoxy) is 2. The quantitative estimate of drug-likeness (QED) is 0.877. The van der Waals surface area contributed by atoms with Crippen molar-refractivity contribution in [3.05, 3.63) is 44.1 Å². The van der Waals surface area contributed by atoms with Gasteiger partial charge in [0.25, 0.3) is 0 Å². The molecule has 1 aromatic heterocycles. The van der Waals surface area contributed by atoms with Crippen molar-refractivity contribution in [1.82, 2.24) is 5.32 Å². The molecule has 0 fully saturated rings. The van der Waals surface area contributed by atoms with Gasteiger partial charge in [0, 0.05) is 22.4 Å². The number of thiophene rings is 1. The summed E-state index contributed by atoms with van der Waals surface area (Å²) in [6, 6.07) is 6.22. The average Bonchev–Trinajstić information content (AvgIpc) is 3.07. The van der Waals surface area contributed by atoms with Crippen molar-refractivity contribution < 1.29 is 9.47 Å². The predicted octanol–water partition coefficient (Wildman–Crippen LogP) is 4.09. The number of halogens is 1. The molecule has 0 saturated heterocycles. The third-order valence-electron chi connectivity index (χ3n) is 3.36. The Labute approximate surface area is 131 Å². The van der Waals surface area contributed by atoms with Crippen LogP contribution in [0.1, 0.15) is 22.9 Å². The lowest BCUT2D eigenvalue weighted by molar-refractivity contribution is 0.174. The molecule has 0 atom stereocenters. The number of hydrogen-bond donors (Lipinski definition) is 1. The highest BCUT2D eigenvalue weighted by atomic mass is 79.9. The smallest absolute Gasteiger partial charge is 0.231 e. The van der Waals surface area contributed by atoms with Crippen molar-refractivity contribution in [2.75, 3.05) is 6.79 Å². The SMILES string of the molecule is CCc1ccsc1CNCc1cc2c(cc1Br)OCO2. The van der Waals surface area contributed by atoms with E-state index in [-0.39, 0.29) is 0 Å². The van der Waals surface area contributed by atoms with E-state index in [4.69, 9.17) is 9.47 Å². The van der Waals surface area contributed by atoms with Gasteiger partial charge in [-0.25, -0.2) is 0 Å². The van der Waals surface area contributed by atoms with E-state index in [0.717, 1.165) is 35.5 Å². The van der Waals surface area contributed by atoms with E-state index in [9.17, 15) is 0 Å². The van der Waals surface area contributed by atoms with Crippen LogP contribution in [-0.2, 0) is 19.5 Å². The van der Waals surface area contributed by atoms with Gasteiger partial charge in [-0.1, -0.05) is 22.9 Å². The molecule has 0 unspecified atom stereocenters. The van der Waals surface area contributed by atoms with E-state index in [0.29, 0.717) is 6.79 Å². The monoisotopic (exact) mass is 353 g/mol. The summed E-state index contributed by atoms with van der Waals surface area (Å²) in [5.74, 6) is 1.64. The minimum Gasteiger partial charge on any atom is -0.454 e. The zero-order valence-electron chi connectivity index (χ0n) is 11.2. The molecule has 0 saturated carbocycles. The standard InChI is InChI=1S/C15H16BrNO2S/c1-2-10-3-4-20-15(10)8-17-7-11-5-13-14(6-12(11)16)19-9-18-13/h3-6,17H,2,7-9H2,1H3. The average molecular weight is 354 g/mol. The Morgan fingerprint density at radius 3 is 2.80 bits per heavy atom. The fourth-order valence-electron chi connectivity index (χ4n) is 2.24. The highest BCUT2D eigenvalue weighted by molar-refractivity contribution is 9.10. The van der Waals surface area contributed by atoms with E-state index >= 15 is 0 Å². The van der Waals surface area contributed by atoms with Crippen LogP contribution in [0.2, 0.25) is 0 Å². The second-order valence-corrected chi connectivity index (χ2v) is 6.48. The Morgan fingerprint density at radius 2 is 2.00 bits per heavy atom. The van der Waals surface area contributed by atoms with Crippen LogP contribution in [0.3, 0.4) is 0 Å². The van der Waals surface area contributed by atoms with Gasteiger partial charge in [-0.05, 0) is 41.1 Å². The Kier molecular flexibility index (Phi) is 4.29. The van der Waals surface area contributed by atoms with Gasteiger partial charge in [-0.3, -0.25) is 0 Å². The number of aryl methyl sites for hydroxylation is 1. The molecule has 0 bridgehead atoms. The summed E-state index contributed by atoms with van der Waals surface area (Å²) >= 11 is 5.40. The third kappa shape index (κ3) is 2.85. The van der Waals surface area contributed by atoms with Gasteiger partial charge in [0.1, 0.15) is 0 Å². The molecule has 5 heteroatoms. The maximum Gasteiger partial charge on any atom is 0.231 e. The van der Waals surface area contributed by atoms with E-state index in [1.54, 1.807) is 0 Å². The Bertz CT molecular complexity index is 612. The summed E-state index contributed by atoms with van der Waals surface area (Å²) in [6.07, 6.45) is 1.09. The second-order valence-electron chi connectivity index (χ2n) is 4.62. The summed E-state index contributed by atoms with van der Waals surface area (Å²) in [6.45, 7) is 4.22. The molecule has 3 nitrogen and oxygen atoms in total. The van der Waals surface area contributed by atoms with Gasteiger partial charge in [0.05, 0.1) is 0 Å². The molecule has 0 aliphatic carbocycles. The molecule has 106 valence electrons. The summed E-state index contributed by atoms with van der Waals surface area (Å²) in [4.78, 5) is 1.42. The van der Waals surface area contributed by atoms with Crippen molar-refractivity contribution in [3.63, 3.8) is 0 Å². The minimum atomic E-state index is 0.313. The summed E-state index contributed by atoms with van der Waals surface area (Å²) in [7, 11) is 0. The molecule has 1 N–H and O–H groups in total. The van der Waals surface area contributed by atoms with E-state index in [1.807, 2.05) is 23.5 Å². The van der Waals surface area contributed by atoms with Crippen molar-refractivity contribution in [3.8, 4) is 11.5 Å². The van der Waals surface area contributed by atoms with Crippen LogP contribution in [0, 0.1) is 0 Å². The zero-order chi connectivity index (χ0) is 13.9. The molecule has 20 heavy (non-hydrogen) atoms.